The second-order valence-electron chi connectivity index (χ2n) is 5.91. The van der Waals surface area contributed by atoms with Crippen molar-refractivity contribution in [3.8, 4) is 0 Å². The van der Waals surface area contributed by atoms with Gasteiger partial charge in [-0.15, -0.1) is 11.6 Å². The molecule has 7 nitrogen and oxygen atoms in total. The van der Waals surface area contributed by atoms with Crippen molar-refractivity contribution in [1.29, 1.82) is 0 Å². The van der Waals surface area contributed by atoms with Gasteiger partial charge in [-0.3, -0.25) is 4.79 Å². The van der Waals surface area contributed by atoms with E-state index in [9.17, 15) is 4.79 Å². The maximum Gasteiger partial charge on any atom is 0.234 e. The number of hydrogen-bond acceptors (Lipinski definition) is 6. The minimum atomic E-state index is -0.194. The third kappa shape index (κ3) is 4.98. The largest absolute Gasteiger partial charge is 0.367 e. The summed E-state index contributed by atoms with van der Waals surface area (Å²) < 4.78 is 1.78. The van der Waals surface area contributed by atoms with Crippen molar-refractivity contribution in [1.82, 2.24) is 25.1 Å². The number of nitrogens with one attached hydrogen (secondary N) is 2. The maximum atomic E-state index is 11.2. The van der Waals surface area contributed by atoms with Crippen LogP contribution in [0.3, 0.4) is 0 Å². The summed E-state index contributed by atoms with van der Waals surface area (Å²) >= 11 is 7.09. The molecule has 0 unspecified atom stereocenters. The Morgan fingerprint density at radius 1 is 1.33 bits per heavy atom. The highest BCUT2D eigenvalue weighted by molar-refractivity contribution is 7.99. The smallest absolute Gasteiger partial charge is 0.234 e. The number of halogens is 1. The number of fused-ring (bicyclic) bond motifs is 1. The van der Waals surface area contributed by atoms with Gasteiger partial charge in [0.05, 0.1) is 18.1 Å². The molecule has 0 fully saturated rings. The minimum absolute atomic E-state index is 0.0420. The fraction of sp³-hybridized carbons (Fsp3) is 0.600. The van der Waals surface area contributed by atoms with Crippen LogP contribution in [0.25, 0.3) is 11.0 Å². The molecule has 1 amide bonds. The van der Waals surface area contributed by atoms with E-state index in [1.165, 1.54) is 0 Å². The van der Waals surface area contributed by atoms with Crippen LogP contribution >= 0.6 is 23.4 Å². The Balaban J connectivity index is 2.30. The summed E-state index contributed by atoms with van der Waals surface area (Å²) in [5.41, 5.74) is 0.761. The molecule has 0 atom stereocenters. The van der Waals surface area contributed by atoms with Gasteiger partial charge in [-0.2, -0.15) is 5.10 Å². The standard InChI is InChI=1S/C15H23ClN6OS/c1-9(2)19-13-11-8-18-22(6-5-17-12(23)7-16)14(11)21-15(20-13)24-10(3)4/h8-10H,5-7H2,1-4H3,(H,17,23)(H,19,20,21). The van der Waals surface area contributed by atoms with Gasteiger partial charge in [0.15, 0.2) is 10.8 Å². The monoisotopic (exact) mass is 370 g/mol. The lowest BCUT2D eigenvalue weighted by atomic mass is 10.3. The molecule has 0 saturated heterocycles. The van der Waals surface area contributed by atoms with E-state index >= 15 is 0 Å². The molecule has 9 heteroatoms. The lowest BCUT2D eigenvalue weighted by Gasteiger charge is -2.12. The third-order valence-corrected chi connectivity index (χ3v) is 4.12. The molecule has 0 aliphatic carbocycles. The molecule has 0 bridgehead atoms. The number of aromatic nitrogens is 4. The number of thioether (sulfide) groups is 1. The van der Waals surface area contributed by atoms with Gasteiger partial charge in [-0.05, 0) is 13.8 Å². The molecule has 2 heterocycles. The molecule has 0 saturated carbocycles. The minimum Gasteiger partial charge on any atom is -0.367 e. The molecule has 24 heavy (non-hydrogen) atoms. The van der Waals surface area contributed by atoms with Gasteiger partial charge < -0.3 is 10.6 Å². The van der Waals surface area contributed by atoms with E-state index in [4.69, 9.17) is 11.6 Å². The first-order valence-corrected chi connectivity index (χ1v) is 9.31. The lowest BCUT2D eigenvalue weighted by molar-refractivity contribution is -0.118. The molecule has 2 aromatic rings. The zero-order valence-corrected chi connectivity index (χ0v) is 15.9. The third-order valence-electron chi connectivity index (χ3n) is 3.01. The molecule has 0 radical (unpaired) electrons. The van der Waals surface area contributed by atoms with Crippen molar-refractivity contribution in [2.45, 2.75) is 50.7 Å². The van der Waals surface area contributed by atoms with Crippen LogP contribution in [0, 0.1) is 0 Å². The molecule has 132 valence electrons. The number of anilines is 1. The predicted molar refractivity (Wildman–Crippen MR) is 98.8 cm³/mol. The Morgan fingerprint density at radius 3 is 2.71 bits per heavy atom. The zero-order chi connectivity index (χ0) is 17.7. The number of hydrogen-bond donors (Lipinski definition) is 2. The van der Waals surface area contributed by atoms with E-state index in [-0.39, 0.29) is 17.8 Å². The van der Waals surface area contributed by atoms with Crippen molar-refractivity contribution in [3.63, 3.8) is 0 Å². The fourth-order valence-electron chi connectivity index (χ4n) is 2.09. The molecule has 0 spiro atoms. The van der Waals surface area contributed by atoms with Gasteiger partial charge in [0.1, 0.15) is 11.7 Å². The van der Waals surface area contributed by atoms with E-state index in [1.54, 1.807) is 22.6 Å². The van der Waals surface area contributed by atoms with E-state index in [1.807, 2.05) is 0 Å². The Kier molecular flexibility index (Phi) is 6.68. The molecular formula is C15H23ClN6OS. The molecule has 2 N–H and O–H groups in total. The van der Waals surface area contributed by atoms with E-state index < -0.39 is 0 Å². The van der Waals surface area contributed by atoms with Gasteiger partial charge >= 0.3 is 0 Å². The average Bonchev–Trinajstić information content (AvgIpc) is 2.89. The number of alkyl halides is 1. The van der Waals surface area contributed by atoms with Gasteiger partial charge in [-0.1, -0.05) is 25.6 Å². The van der Waals surface area contributed by atoms with Crippen molar-refractivity contribution < 1.29 is 4.79 Å². The normalized spacial score (nSPS) is 11.5. The molecule has 0 aliphatic heterocycles. The summed E-state index contributed by atoms with van der Waals surface area (Å²) in [4.78, 5) is 20.5. The summed E-state index contributed by atoms with van der Waals surface area (Å²) in [6.45, 7) is 9.31. The highest BCUT2D eigenvalue weighted by Gasteiger charge is 2.15. The molecule has 0 aromatic carbocycles. The zero-order valence-electron chi connectivity index (χ0n) is 14.3. The number of rotatable bonds is 8. The molecule has 0 aliphatic rings. The van der Waals surface area contributed by atoms with Crippen LogP contribution in [-0.4, -0.2) is 49.4 Å². The van der Waals surface area contributed by atoms with Gasteiger partial charge in [-0.25, -0.2) is 14.6 Å². The first-order valence-electron chi connectivity index (χ1n) is 7.90. The van der Waals surface area contributed by atoms with Crippen molar-refractivity contribution >= 4 is 46.1 Å². The van der Waals surface area contributed by atoms with Crippen molar-refractivity contribution in [3.05, 3.63) is 6.20 Å². The van der Waals surface area contributed by atoms with Crippen LogP contribution in [0.4, 0.5) is 5.82 Å². The highest BCUT2D eigenvalue weighted by atomic mass is 35.5. The van der Waals surface area contributed by atoms with Crippen LogP contribution in [0.5, 0.6) is 0 Å². The second-order valence-corrected chi connectivity index (χ2v) is 7.72. The van der Waals surface area contributed by atoms with Crippen LogP contribution < -0.4 is 10.6 Å². The second kappa shape index (κ2) is 8.53. The summed E-state index contributed by atoms with van der Waals surface area (Å²) in [6.07, 6.45) is 1.76. The van der Waals surface area contributed by atoms with Gasteiger partial charge in [0, 0.05) is 17.8 Å². The number of carbonyl (C=O) groups excluding carboxylic acids is 1. The van der Waals surface area contributed by atoms with E-state index in [0.717, 1.165) is 16.9 Å². The van der Waals surface area contributed by atoms with Crippen LogP contribution in [0.2, 0.25) is 0 Å². The fourth-order valence-corrected chi connectivity index (χ4v) is 2.89. The average molecular weight is 371 g/mol. The molecular weight excluding hydrogens is 348 g/mol. The van der Waals surface area contributed by atoms with Gasteiger partial charge in [0.25, 0.3) is 0 Å². The van der Waals surface area contributed by atoms with E-state index in [0.29, 0.717) is 23.5 Å². The summed E-state index contributed by atoms with van der Waals surface area (Å²) in [7, 11) is 0. The molecule has 2 aromatic heterocycles. The Morgan fingerprint density at radius 2 is 2.08 bits per heavy atom. The van der Waals surface area contributed by atoms with Crippen LogP contribution in [0.1, 0.15) is 27.7 Å². The van der Waals surface area contributed by atoms with Gasteiger partial charge in [0.2, 0.25) is 5.91 Å². The first-order chi connectivity index (χ1) is 11.4. The number of nitrogens with zero attached hydrogens (tertiary/aromatic N) is 4. The van der Waals surface area contributed by atoms with E-state index in [2.05, 4.69) is 53.4 Å². The van der Waals surface area contributed by atoms with Crippen molar-refractivity contribution in [2.24, 2.45) is 0 Å². The summed E-state index contributed by atoms with van der Waals surface area (Å²) in [5.74, 6) is 0.551. The maximum absolute atomic E-state index is 11.2. The summed E-state index contributed by atoms with van der Waals surface area (Å²) in [6, 6.07) is 0.256. The first kappa shape index (κ1) is 18.8. The topological polar surface area (TPSA) is 84.7 Å². The Bertz CT molecular complexity index is 703. The predicted octanol–water partition coefficient (Wildman–Crippen LogP) is 2.50. The van der Waals surface area contributed by atoms with Crippen LogP contribution in [-0.2, 0) is 11.3 Å². The quantitative estimate of drug-likeness (QED) is 0.422. The summed E-state index contributed by atoms with van der Waals surface area (Å²) in [5, 5.41) is 12.4. The SMILES string of the molecule is CC(C)Nc1nc(SC(C)C)nc2c1cnn2CCNC(=O)CCl. The lowest BCUT2D eigenvalue weighted by Crippen LogP contribution is -2.28. The Hall–Kier alpha value is -1.54. The highest BCUT2D eigenvalue weighted by Crippen LogP contribution is 2.26. The van der Waals surface area contributed by atoms with Crippen LogP contribution in [0.15, 0.2) is 11.4 Å². The Labute approximate surface area is 150 Å². The molecule has 2 rings (SSSR count). The number of amides is 1. The van der Waals surface area contributed by atoms with Crippen molar-refractivity contribution in [2.75, 3.05) is 17.7 Å². The number of carbonyl (C=O) groups is 1.